The molecule has 0 radical (unpaired) electrons. The molecular formula is C15H27IN6O. The van der Waals surface area contributed by atoms with Crippen LogP contribution in [-0.4, -0.2) is 58.5 Å². The monoisotopic (exact) mass is 434 g/mol. The van der Waals surface area contributed by atoms with E-state index in [1.807, 2.05) is 4.57 Å². The van der Waals surface area contributed by atoms with Crippen LogP contribution in [-0.2, 0) is 17.8 Å². The number of nitrogens with one attached hydrogen (secondary N) is 1. The van der Waals surface area contributed by atoms with Gasteiger partial charge in [0.25, 0.3) is 0 Å². The Balaban J connectivity index is 0.00000192. The number of aromatic nitrogens is 3. The van der Waals surface area contributed by atoms with Crippen LogP contribution >= 0.6 is 24.0 Å². The largest absolute Gasteiger partial charge is 0.381 e. The summed E-state index contributed by atoms with van der Waals surface area (Å²) in [6, 6.07) is 0. The first kappa shape index (κ1) is 18.4. The van der Waals surface area contributed by atoms with Crippen molar-refractivity contribution in [2.24, 2.45) is 10.4 Å². The molecule has 1 unspecified atom stereocenters. The fraction of sp³-hybridized carbons (Fsp3) is 0.800. The lowest BCUT2D eigenvalue weighted by atomic mass is 9.87. The van der Waals surface area contributed by atoms with E-state index >= 15 is 0 Å². The summed E-state index contributed by atoms with van der Waals surface area (Å²) in [5.41, 5.74) is 0.347. The normalized spacial score (nSPS) is 24.3. The van der Waals surface area contributed by atoms with E-state index in [4.69, 9.17) is 9.73 Å². The number of hydrogen-bond donors (Lipinski definition) is 1. The van der Waals surface area contributed by atoms with Gasteiger partial charge >= 0.3 is 0 Å². The number of rotatable bonds is 4. The van der Waals surface area contributed by atoms with Crippen molar-refractivity contribution in [1.29, 1.82) is 0 Å². The Morgan fingerprint density at radius 1 is 1.43 bits per heavy atom. The van der Waals surface area contributed by atoms with E-state index in [0.29, 0.717) is 12.0 Å². The van der Waals surface area contributed by atoms with Gasteiger partial charge in [0.1, 0.15) is 12.9 Å². The van der Waals surface area contributed by atoms with E-state index in [1.165, 1.54) is 12.8 Å². The topological polar surface area (TPSA) is 67.6 Å². The molecule has 0 bridgehead atoms. The van der Waals surface area contributed by atoms with Crippen LogP contribution < -0.4 is 5.32 Å². The highest BCUT2D eigenvalue weighted by molar-refractivity contribution is 14.0. The van der Waals surface area contributed by atoms with Crippen molar-refractivity contribution < 1.29 is 4.74 Å². The summed E-state index contributed by atoms with van der Waals surface area (Å²) in [7, 11) is 0. The van der Waals surface area contributed by atoms with E-state index < -0.39 is 0 Å². The van der Waals surface area contributed by atoms with Gasteiger partial charge in [0.15, 0.2) is 11.8 Å². The maximum absolute atomic E-state index is 5.61. The molecule has 1 atom stereocenters. The first-order valence-corrected chi connectivity index (χ1v) is 8.24. The van der Waals surface area contributed by atoms with Crippen molar-refractivity contribution in [3.63, 3.8) is 0 Å². The molecule has 0 aliphatic carbocycles. The molecule has 1 spiro atoms. The Morgan fingerprint density at radius 3 is 3.00 bits per heavy atom. The molecule has 2 aliphatic heterocycles. The minimum absolute atomic E-state index is 0. The van der Waals surface area contributed by atoms with Gasteiger partial charge in [-0.3, -0.25) is 0 Å². The molecule has 2 aliphatic rings. The van der Waals surface area contributed by atoms with E-state index in [2.05, 4.69) is 34.3 Å². The van der Waals surface area contributed by atoms with Gasteiger partial charge in [-0.2, -0.15) is 0 Å². The summed E-state index contributed by atoms with van der Waals surface area (Å²) in [4.78, 5) is 7.13. The fourth-order valence-electron chi connectivity index (χ4n) is 3.32. The van der Waals surface area contributed by atoms with Crippen LogP contribution in [0.1, 0.15) is 32.5 Å². The third-order valence-corrected chi connectivity index (χ3v) is 4.66. The number of guanidine groups is 1. The molecule has 7 nitrogen and oxygen atoms in total. The molecule has 2 fully saturated rings. The standard InChI is InChI=1S/C15H26N6O.HI/c1-3-16-14(17-9-13-19-18-12-20(13)4-2)21-7-5-15(10-21)6-8-22-11-15;/h12H,3-11H2,1-2H3,(H,16,17);1H. The van der Waals surface area contributed by atoms with Gasteiger partial charge < -0.3 is 19.5 Å². The Kier molecular flexibility index (Phi) is 6.63. The molecule has 0 amide bonds. The highest BCUT2D eigenvalue weighted by atomic mass is 127. The molecule has 3 rings (SSSR count). The van der Waals surface area contributed by atoms with Crippen molar-refractivity contribution in [2.75, 3.05) is 32.8 Å². The van der Waals surface area contributed by atoms with Gasteiger partial charge in [0.05, 0.1) is 6.61 Å². The zero-order valence-electron chi connectivity index (χ0n) is 14.0. The van der Waals surface area contributed by atoms with E-state index in [-0.39, 0.29) is 24.0 Å². The van der Waals surface area contributed by atoms with Crippen molar-refractivity contribution in [3.8, 4) is 0 Å². The highest BCUT2D eigenvalue weighted by Gasteiger charge is 2.42. The molecule has 1 N–H and O–H groups in total. The van der Waals surface area contributed by atoms with Crippen LogP contribution in [0.15, 0.2) is 11.3 Å². The second kappa shape index (κ2) is 8.27. The SMILES string of the molecule is CCNC(=NCc1nncn1CC)N1CCC2(CCOC2)C1.I. The second-order valence-electron chi connectivity index (χ2n) is 6.18. The third-order valence-electron chi connectivity index (χ3n) is 4.66. The summed E-state index contributed by atoms with van der Waals surface area (Å²) in [5, 5.41) is 11.5. The average molecular weight is 434 g/mol. The predicted octanol–water partition coefficient (Wildman–Crippen LogP) is 1.49. The first-order valence-electron chi connectivity index (χ1n) is 8.24. The lowest BCUT2D eigenvalue weighted by Crippen LogP contribution is -2.41. The Labute approximate surface area is 154 Å². The lowest BCUT2D eigenvalue weighted by Gasteiger charge is -2.24. The van der Waals surface area contributed by atoms with E-state index in [1.54, 1.807) is 6.33 Å². The van der Waals surface area contributed by atoms with E-state index in [0.717, 1.165) is 51.2 Å². The summed E-state index contributed by atoms with van der Waals surface area (Å²) in [5.74, 6) is 1.90. The Morgan fingerprint density at radius 2 is 2.30 bits per heavy atom. The Hall–Kier alpha value is -0.900. The Bertz CT molecular complexity index is 526. The summed E-state index contributed by atoms with van der Waals surface area (Å²) >= 11 is 0. The van der Waals surface area contributed by atoms with Gasteiger partial charge in [-0.25, -0.2) is 4.99 Å². The third kappa shape index (κ3) is 4.14. The molecule has 2 saturated heterocycles. The molecule has 3 heterocycles. The first-order chi connectivity index (χ1) is 10.8. The molecule has 8 heteroatoms. The van der Waals surface area contributed by atoms with Crippen molar-refractivity contribution in [2.45, 2.75) is 39.8 Å². The minimum atomic E-state index is 0. The zero-order valence-corrected chi connectivity index (χ0v) is 16.3. The maximum Gasteiger partial charge on any atom is 0.194 e. The molecule has 0 aromatic carbocycles. The van der Waals surface area contributed by atoms with E-state index in [9.17, 15) is 0 Å². The van der Waals surface area contributed by atoms with Crippen LogP contribution in [0, 0.1) is 5.41 Å². The van der Waals surface area contributed by atoms with Gasteiger partial charge in [0.2, 0.25) is 0 Å². The predicted molar refractivity (Wildman–Crippen MR) is 100.0 cm³/mol. The van der Waals surface area contributed by atoms with Crippen molar-refractivity contribution >= 4 is 29.9 Å². The maximum atomic E-state index is 5.61. The van der Waals surface area contributed by atoms with Gasteiger partial charge in [-0.15, -0.1) is 34.2 Å². The molecule has 0 saturated carbocycles. The van der Waals surface area contributed by atoms with Crippen LogP contribution in [0.3, 0.4) is 0 Å². The number of nitrogens with zero attached hydrogens (tertiary/aromatic N) is 5. The zero-order chi connectivity index (χ0) is 15.4. The van der Waals surface area contributed by atoms with Crippen molar-refractivity contribution in [1.82, 2.24) is 25.0 Å². The van der Waals surface area contributed by atoms with Gasteiger partial charge in [-0.05, 0) is 26.7 Å². The molecule has 1 aromatic rings. The highest BCUT2D eigenvalue weighted by Crippen LogP contribution is 2.38. The van der Waals surface area contributed by atoms with Gasteiger partial charge in [0, 0.05) is 38.2 Å². The van der Waals surface area contributed by atoms with Crippen LogP contribution in [0.25, 0.3) is 0 Å². The fourth-order valence-corrected chi connectivity index (χ4v) is 3.32. The quantitative estimate of drug-likeness (QED) is 0.442. The molecule has 23 heavy (non-hydrogen) atoms. The number of aliphatic imine (C=N–C) groups is 1. The number of halogens is 1. The van der Waals surface area contributed by atoms with Crippen LogP contribution in [0.2, 0.25) is 0 Å². The van der Waals surface area contributed by atoms with Crippen LogP contribution in [0.5, 0.6) is 0 Å². The van der Waals surface area contributed by atoms with Gasteiger partial charge in [-0.1, -0.05) is 0 Å². The number of aryl methyl sites for hydroxylation is 1. The lowest BCUT2D eigenvalue weighted by molar-refractivity contribution is 0.156. The minimum Gasteiger partial charge on any atom is -0.381 e. The summed E-state index contributed by atoms with van der Waals surface area (Å²) < 4.78 is 7.64. The molecular weight excluding hydrogens is 407 g/mol. The van der Waals surface area contributed by atoms with Crippen molar-refractivity contribution in [3.05, 3.63) is 12.2 Å². The summed E-state index contributed by atoms with van der Waals surface area (Å²) in [6.45, 7) is 10.4. The second-order valence-corrected chi connectivity index (χ2v) is 6.18. The smallest absolute Gasteiger partial charge is 0.194 e. The molecule has 130 valence electrons. The summed E-state index contributed by atoms with van der Waals surface area (Å²) in [6.07, 6.45) is 4.13. The average Bonchev–Trinajstić information content (AvgIpc) is 3.26. The number of hydrogen-bond acceptors (Lipinski definition) is 4. The number of ether oxygens (including phenoxy) is 1. The number of likely N-dealkylation sites (tertiary alicyclic amines) is 1. The van der Waals surface area contributed by atoms with Crippen LogP contribution in [0.4, 0.5) is 0 Å². The molecule has 1 aromatic heterocycles.